The van der Waals surface area contributed by atoms with E-state index in [4.69, 9.17) is 4.74 Å². The van der Waals surface area contributed by atoms with Crippen molar-refractivity contribution in [3.8, 4) is 11.4 Å². The predicted molar refractivity (Wildman–Crippen MR) is 106 cm³/mol. The highest BCUT2D eigenvalue weighted by Crippen LogP contribution is 2.24. The molecule has 2 heterocycles. The molecule has 1 saturated heterocycles. The number of nitrogens with zero attached hydrogens (tertiary/aromatic N) is 2. The number of ether oxygens (including phenoxy) is 1. The summed E-state index contributed by atoms with van der Waals surface area (Å²) in [7, 11) is 0. The SMILES string of the molecule is CCOc1ccc(-n2c(C)cc(C(=O)CN3CCC(C)CC3)c2C)cc1. The van der Waals surface area contributed by atoms with Crippen LogP contribution < -0.4 is 4.74 Å². The van der Waals surface area contributed by atoms with Crippen LogP contribution in [0.4, 0.5) is 0 Å². The lowest BCUT2D eigenvalue weighted by molar-refractivity contribution is 0.0899. The van der Waals surface area contributed by atoms with E-state index < -0.39 is 0 Å². The Morgan fingerprint density at radius 2 is 1.81 bits per heavy atom. The van der Waals surface area contributed by atoms with Crippen molar-refractivity contribution in [2.45, 2.75) is 40.5 Å². The number of aromatic nitrogens is 1. The molecule has 0 bridgehead atoms. The van der Waals surface area contributed by atoms with Gasteiger partial charge in [0.25, 0.3) is 0 Å². The Balaban J connectivity index is 1.77. The van der Waals surface area contributed by atoms with Crippen LogP contribution in [-0.2, 0) is 0 Å². The van der Waals surface area contributed by atoms with Gasteiger partial charge in [-0.3, -0.25) is 9.69 Å². The van der Waals surface area contributed by atoms with Crippen molar-refractivity contribution in [1.29, 1.82) is 0 Å². The van der Waals surface area contributed by atoms with Gasteiger partial charge in [0.05, 0.1) is 13.2 Å². The number of piperidine rings is 1. The standard InChI is InChI=1S/C22H30N2O2/c1-5-26-20-8-6-19(7-9-20)24-17(3)14-21(18(24)4)22(25)15-23-12-10-16(2)11-13-23/h6-9,14,16H,5,10-13,15H2,1-4H3. The summed E-state index contributed by atoms with van der Waals surface area (Å²) in [5.41, 5.74) is 4.01. The highest BCUT2D eigenvalue weighted by atomic mass is 16.5. The third kappa shape index (κ3) is 4.01. The number of aryl methyl sites for hydroxylation is 1. The second-order valence-electron chi connectivity index (χ2n) is 7.43. The molecule has 0 aliphatic carbocycles. The highest BCUT2D eigenvalue weighted by Gasteiger charge is 2.22. The first-order valence-corrected chi connectivity index (χ1v) is 9.67. The fourth-order valence-electron chi connectivity index (χ4n) is 3.81. The number of rotatable bonds is 6. The van der Waals surface area contributed by atoms with Crippen LogP contribution in [0.3, 0.4) is 0 Å². The van der Waals surface area contributed by atoms with E-state index in [9.17, 15) is 4.79 Å². The molecule has 4 heteroatoms. The molecule has 1 aliphatic heterocycles. The van der Waals surface area contributed by atoms with Crippen molar-refractivity contribution in [3.63, 3.8) is 0 Å². The van der Waals surface area contributed by atoms with Crippen LogP contribution in [0.2, 0.25) is 0 Å². The molecule has 1 fully saturated rings. The van der Waals surface area contributed by atoms with Gasteiger partial charge in [0.15, 0.2) is 5.78 Å². The van der Waals surface area contributed by atoms with Gasteiger partial charge in [-0.1, -0.05) is 6.92 Å². The van der Waals surface area contributed by atoms with Gasteiger partial charge in [-0.05, 0) is 83.0 Å². The Kier molecular flexibility index (Phi) is 5.82. The fourth-order valence-corrected chi connectivity index (χ4v) is 3.81. The maximum absolute atomic E-state index is 12.9. The van der Waals surface area contributed by atoms with E-state index in [1.807, 2.05) is 44.2 Å². The highest BCUT2D eigenvalue weighted by molar-refractivity contribution is 5.99. The molecule has 0 saturated carbocycles. The summed E-state index contributed by atoms with van der Waals surface area (Å²) in [6.07, 6.45) is 2.39. The van der Waals surface area contributed by atoms with Crippen LogP contribution in [0.5, 0.6) is 5.75 Å². The smallest absolute Gasteiger partial charge is 0.178 e. The predicted octanol–water partition coefficient (Wildman–Crippen LogP) is 4.41. The molecule has 1 aromatic heterocycles. The summed E-state index contributed by atoms with van der Waals surface area (Å²) in [5, 5.41) is 0. The van der Waals surface area contributed by atoms with E-state index in [1.165, 1.54) is 12.8 Å². The second-order valence-corrected chi connectivity index (χ2v) is 7.43. The number of ketones is 1. The monoisotopic (exact) mass is 354 g/mol. The average molecular weight is 354 g/mol. The fraction of sp³-hybridized carbons (Fsp3) is 0.500. The van der Waals surface area contributed by atoms with Crippen molar-refractivity contribution in [3.05, 3.63) is 47.3 Å². The minimum absolute atomic E-state index is 0.227. The lowest BCUT2D eigenvalue weighted by atomic mass is 9.99. The van der Waals surface area contributed by atoms with Gasteiger partial charge >= 0.3 is 0 Å². The summed E-state index contributed by atoms with van der Waals surface area (Å²) in [6.45, 7) is 11.6. The largest absolute Gasteiger partial charge is 0.494 e. The molecule has 4 nitrogen and oxygen atoms in total. The summed E-state index contributed by atoms with van der Waals surface area (Å²) in [4.78, 5) is 15.2. The zero-order chi connectivity index (χ0) is 18.7. The van der Waals surface area contributed by atoms with Gasteiger partial charge in [-0.25, -0.2) is 0 Å². The Bertz CT molecular complexity index is 753. The molecule has 3 rings (SSSR count). The van der Waals surface area contributed by atoms with Crippen LogP contribution in [0.15, 0.2) is 30.3 Å². The molecule has 0 unspecified atom stereocenters. The minimum Gasteiger partial charge on any atom is -0.494 e. The van der Waals surface area contributed by atoms with Crippen LogP contribution in [-0.4, -0.2) is 41.5 Å². The van der Waals surface area contributed by atoms with Crippen molar-refractivity contribution >= 4 is 5.78 Å². The Morgan fingerprint density at radius 1 is 1.15 bits per heavy atom. The Labute approximate surface area is 156 Å². The van der Waals surface area contributed by atoms with E-state index in [1.54, 1.807) is 0 Å². The molecule has 0 spiro atoms. The van der Waals surface area contributed by atoms with Crippen molar-refractivity contribution in [2.75, 3.05) is 26.2 Å². The molecule has 1 aromatic carbocycles. The maximum atomic E-state index is 12.9. The lowest BCUT2D eigenvalue weighted by Crippen LogP contribution is -2.36. The summed E-state index contributed by atoms with van der Waals surface area (Å²) < 4.78 is 7.68. The number of carbonyl (C=O) groups is 1. The zero-order valence-corrected chi connectivity index (χ0v) is 16.4. The molecule has 26 heavy (non-hydrogen) atoms. The molecule has 140 valence electrons. The minimum atomic E-state index is 0.227. The maximum Gasteiger partial charge on any atom is 0.178 e. The molecule has 0 atom stereocenters. The molecule has 0 radical (unpaired) electrons. The van der Waals surface area contributed by atoms with Crippen LogP contribution in [0.1, 0.15) is 48.4 Å². The number of Topliss-reactive ketones (excluding diaryl/α,β-unsaturated/α-hetero) is 1. The summed E-state index contributed by atoms with van der Waals surface area (Å²) in [6, 6.07) is 10.1. The van der Waals surface area contributed by atoms with Gasteiger partial charge in [-0.15, -0.1) is 0 Å². The van der Waals surface area contributed by atoms with Crippen molar-refractivity contribution < 1.29 is 9.53 Å². The van der Waals surface area contributed by atoms with E-state index >= 15 is 0 Å². The number of hydrogen-bond acceptors (Lipinski definition) is 3. The zero-order valence-electron chi connectivity index (χ0n) is 16.4. The van der Waals surface area contributed by atoms with Gasteiger partial charge in [0, 0.05) is 22.6 Å². The van der Waals surface area contributed by atoms with Gasteiger partial charge < -0.3 is 9.30 Å². The lowest BCUT2D eigenvalue weighted by Gasteiger charge is -2.29. The molecule has 1 aliphatic rings. The van der Waals surface area contributed by atoms with Crippen molar-refractivity contribution in [1.82, 2.24) is 9.47 Å². The van der Waals surface area contributed by atoms with E-state index in [2.05, 4.69) is 23.3 Å². The average Bonchev–Trinajstić information content (AvgIpc) is 2.93. The third-order valence-electron chi connectivity index (χ3n) is 5.38. The third-order valence-corrected chi connectivity index (χ3v) is 5.38. The Morgan fingerprint density at radius 3 is 2.42 bits per heavy atom. The normalized spacial score (nSPS) is 16.0. The van der Waals surface area contributed by atoms with Crippen molar-refractivity contribution in [2.24, 2.45) is 5.92 Å². The van der Waals surface area contributed by atoms with E-state index in [-0.39, 0.29) is 5.78 Å². The molecule has 0 amide bonds. The first-order chi connectivity index (χ1) is 12.5. The van der Waals surface area contributed by atoms with Crippen LogP contribution in [0, 0.1) is 19.8 Å². The Hall–Kier alpha value is -2.07. The number of likely N-dealkylation sites (tertiary alicyclic amines) is 1. The van der Waals surface area contributed by atoms with E-state index in [0.29, 0.717) is 13.2 Å². The van der Waals surface area contributed by atoms with Crippen LogP contribution in [0.25, 0.3) is 5.69 Å². The topological polar surface area (TPSA) is 34.5 Å². The number of hydrogen-bond donors (Lipinski definition) is 0. The van der Waals surface area contributed by atoms with Crippen LogP contribution >= 0.6 is 0 Å². The quantitative estimate of drug-likeness (QED) is 0.721. The molecule has 2 aromatic rings. The summed E-state index contributed by atoms with van der Waals surface area (Å²) in [5.74, 6) is 1.88. The number of benzene rings is 1. The molecular weight excluding hydrogens is 324 g/mol. The van der Waals surface area contributed by atoms with Gasteiger partial charge in [0.1, 0.15) is 5.75 Å². The second kappa shape index (κ2) is 8.09. The van der Waals surface area contributed by atoms with E-state index in [0.717, 1.165) is 47.4 Å². The summed E-state index contributed by atoms with van der Waals surface area (Å²) >= 11 is 0. The molecular formula is C22H30N2O2. The molecule has 0 N–H and O–H groups in total. The van der Waals surface area contributed by atoms with Gasteiger partial charge in [-0.2, -0.15) is 0 Å². The van der Waals surface area contributed by atoms with Gasteiger partial charge in [0.2, 0.25) is 0 Å². The first kappa shape index (κ1) is 18.7. The first-order valence-electron chi connectivity index (χ1n) is 9.67. The number of carbonyl (C=O) groups excluding carboxylic acids is 1.